The van der Waals surface area contributed by atoms with E-state index in [4.69, 9.17) is 14.5 Å². The number of piperazine rings is 1. The van der Waals surface area contributed by atoms with Gasteiger partial charge in [-0.3, -0.25) is 14.4 Å². The van der Waals surface area contributed by atoms with Crippen molar-refractivity contribution in [1.82, 2.24) is 33.9 Å². The standard InChI is InChI=1S/C29H43N7O5S/c1-4-7-24-26-27(32-36(24)15-12-34-16-19-40-20-17-34)29(37)31-28(30-26)23-21-22(8-9-25(23)41-18-5-2)42(38,39)35-13-10-33(6-3)11-14-35/h8-9,21H,4-7,10-20H2,1-3H3,(H,30,31,37). The van der Waals surface area contributed by atoms with Crippen LogP contribution in [0.4, 0.5) is 0 Å². The van der Waals surface area contributed by atoms with Crippen LogP contribution in [0.5, 0.6) is 5.75 Å². The van der Waals surface area contributed by atoms with Crippen LogP contribution in [-0.2, 0) is 27.7 Å². The van der Waals surface area contributed by atoms with Crippen molar-refractivity contribution >= 4 is 21.1 Å². The van der Waals surface area contributed by atoms with E-state index in [0.717, 1.165) is 57.9 Å². The second-order valence-corrected chi connectivity index (χ2v) is 12.8. The quantitative estimate of drug-likeness (QED) is 0.333. The molecule has 0 radical (unpaired) electrons. The van der Waals surface area contributed by atoms with Crippen LogP contribution in [0.3, 0.4) is 0 Å². The first kappa shape index (κ1) is 30.6. The second kappa shape index (κ2) is 13.6. The smallest absolute Gasteiger partial charge is 0.279 e. The zero-order chi connectivity index (χ0) is 29.7. The van der Waals surface area contributed by atoms with Crippen molar-refractivity contribution in [2.24, 2.45) is 0 Å². The molecule has 12 nitrogen and oxygen atoms in total. The summed E-state index contributed by atoms with van der Waals surface area (Å²) in [6, 6.07) is 4.83. The number of hydrogen-bond acceptors (Lipinski definition) is 9. The molecule has 1 N–H and O–H groups in total. The van der Waals surface area contributed by atoms with Gasteiger partial charge >= 0.3 is 0 Å². The number of aromatic amines is 1. The van der Waals surface area contributed by atoms with Gasteiger partial charge < -0.3 is 19.4 Å². The van der Waals surface area contributed by atoms with Gasteiger partial charge in [-0.15, -0.1) is 0 Å². The Kier molecular flexibility index (Phi) is 9.94. The molecule has 2 fully saturated rings. The van der Waals surface area contributed by atoms with Gasteiger partial charge in [0.15, 0.2) is 5.52 Å². The highest BCUT2D eigenvalue weighted by molar-refractivity contribution is 7.89. The Morgan fingerprint density at radius 3 is 2.40 bits per heavy atom. The van der Waals surface area contributed by atoms with Crippen LogP contribution in [0.2, 0.25) is 0 Å². The molecule has 0 unspecified atom stereocenters. The maximum absolute atomic E-state index is 13.7. The molecule has 42 heavy (non-hydrogen) atoms. The third-order valence-corrected chi connectivity index (χ3v) is 9.90. The summed E-state index contributed by atoms with van der Waals surface area (Å²) in [6.07, 6.45) is 2.36. The van der Waals surface area contributed by atoms with Crippen LogP contribution in [-0.4, -0.2) is 114 Å². The number of nitrogens with zero attached hydrogens (tertiary/aromatic N) is 6. The highest BCUT2D eigenvalue weighted by atomic mass is 32.2. The van der Waals surface area contributed by atoms with Crippen LogP contribution in [0.25, 0.3) is 22.4 Å². The van der Waals surface area contributed by atoms with E-state index in [0.29, 0.717) is 62.6 Å². The average Bonchev–Trinajstić information content (AvgIpc) is 3.37. The summed E-state index contributed by atoms with van der Waals surface area (Å²) in [5.41, 5.74) is 1.82. The van der Waals surface area contributed by atoms with E-state index in [9.17, 15) is 13.2 Å². The Balaban J connectivity index is 1.53. The highest BCUT2D eigenvalue weighted by Crippen LogP contribution is 2.32. The molecular formula is C29H43N7O5S. The first-order valence-corrected chi connectivity index (χ1v) is 16.6. The molecule has 0 spiro atoms. The number of benzene rings is 1. The predicted octanol–water partition coefficient (Wildman–Crippen LogP) is 2.19. The summed E-state index contributed by atoms with van der Waals surface area (Å²) in [5, 5.41) is 4.67. The SMILES string of the molecule is CCCOc1ccc(S(=O)(=O)N2CCN(CC)CC2)cc1-c1nc2c(CCC)n(CCN3CCOCC3)nc2c(=O)[nH]1. The molecule has 3 aromatic rings. The van der Waals surface area contributed by atoms with Gasteiger partial charge in [0.25, 0.3) is 5.56 Å². The molecule has 0 saturated carbocycles. The van der Waals surface area contributed by atoms with Crippen LogP contribution in [0.1, 0.15) is 39.3 Å². The summed E-state index contributed by atoms with van der Waals surface area (Å²) in [6.45, 7) is 14.4. The number of morpholine rings is 1. The van der Waals surface area contributed by atoms with Crippen molar-refractivity contribution in [3.05, 3.63) is 34.2 Å². The fourth-order valence-electron chi connectivity index (χ4n) is 5.55. The van der Waals surface area contributed by atoms with Gasteiger partial charge in [-0.05, 0) is 37.6 Å². The lowest BCUT2D eigenvalue weighted by atomic mass is 10.1. The number of aromatic nitrogens is 4. The van der Waals surface area contributed by atoms with Gasteiger partial charge in [-0.1, -0.05) is 27.2 Å². The molecule has 0 atom stereocenters. The first-order valence-electron chi connectivity index (χ1n) is 15.1. The van der Waals surface area contributed by atoms with Crippen LogP contribution in [0, 0.1) is 0 Å². The molecule has 2 aliphatic rings. The maximum atomic E-state index is 13.7. The van der Waals surface area contributed by atoms with E-state index in [2.05, 4.69) is 33.7 Å². The first-order chi connectivity index (χ1) is 20.3. The van der Waals surface area contributed by atoms with Gasteiger partial charge in [-0.25, -0.2) is 13.4 Å². The molecule has 0 bridgehead atoms. The lowest BCUT2D eigenvalue weighted by molar-refractivity contribution is 0.0359. The zero-order valence-corrected chi connectivity index (χ0v) is 25.8. The zero-order valence-electron chi connectivity index (χ0n) is 25.0. The highest BCUT2D eigenvalue weighted by Gasteiger charge is 2.29. The van der Waals surface area contributed by atoms with Gasteiger partial charge in [0, 0.05) is 45.8 Å². The van der Waals surface area contributed by atoms with Gasteiger partial charge in [0.05, 0.1) is 42.5 Å². The third-order valence-electron chi connectivity index (χ3n) is 8.00. The van der Waals surface area contributed by atoms with Crippen molar-refractivity contribution in [3.63, 3.8) is 0 Å². The minimum atomic E-state index is -3.74. The number of sulfonamides is 1. The molecule has 2 aromatic heterocycles. The number of H-pyrrole nitrogens is 1. The van der Waals surface area contributed by atoms with Crippen molar-refractivity contribution in [2.45, 2.75) is 51.5 Å². The number of hydrogen-bond donors (Lipinski definition) is 1. The topological polar surface area (TPSA) is 126 Å². The van der Waals surface area contributed by atoms with E-state index in [1.54, 1.807) is 18.2 Å². The Morgan fingerprint density at radius 2 is 1.71 bits per heavy atom. The number of nitrogens with one attached hydrogen (secondary N) is 1. The van der Waals surface area contributed by atoms with E-state index in [1.165, 1.54) is 4.31 Å². The van der Waals surface area contributed by atoms with Crippen molar-refractivity contribution < 1.29 is 17.9 Å². The molecule has 2 saturated heterocycles. The molecule has 2 aliphatic heterocycles. The normalized spacial score (nSPS) is 17.7. The molecule has 0 aliphatic carbocycles. The van der Waals surface area contributed by atoms with Crippen LogP contribution in [0.15, 0.2) is 27.9 Å². The molecule has 13 heteroatoms. The van der Waals surface area contributed by atoms with Crippen molar-refractivity contribution in [3.8, 4) is 17.1 Å². The molecule has 4 heterocycles. The predicted molar refractivity (Wildman–Crippen MR) is 161 cm³/mol. The van der Waals surface area contributed by atoms with Crippen molar-refractivity contribution in [2.75, 3.05) is 72.2 Å². The summed E-state index contributed by atoms with van der Waals surface area (Å²) in [5.74, 6) is 0.752. The van der Waals surface area contributed by atoms with E-state index < -0.39 is 10.0 Å². The third kappa shape index (κ3) is 6.55. The number of aryl methyl sites for hydroxylation is 1. The Bertz CT molecular complexity index is 1520. The monoisotopic (exact) mass is 601 g/mol. The molecule has 5 rings (SSSR count). The minimum absolute atomic E-state index is 0.157. The summed E-state index contributed by atoms with van der Waals surface area (Å²) in [4.78, 5) is 25.9. The lowest BCUT2D eigenvalue weighted by Gasteiger charge is -2.33. The Labute approximate surface area is 247 Å². The number of ether oxygens (including phenoxy) is 2. The van der Waals surface area contributed by atoms with Crippen molar-refractivity contribution in [1.29, 1.82) is 0 Å². The Hall–Kier alpha value is -2.84. The Morgan fingerprint density at radius 1 is 0.952 bits per heavy atom. The van der Waals surface area contributed by atoms with Crippen LogP contribution >= 0.6 is 0 Å². The molecule has 1 aromatic carbocycles. The number of fused-ring (bicyclic) bond motifs is 1. The van der Waals surface area contributed by atoms with E-state index in [-0.39, 0.29) is 21.8 Å². The van der Waals surface area contributed by atoms with Crippen LogP contribution < -0.4 is 10.3 Å². The molecule has 0 amide bonds. The van der Waals surface area contributed by atoms with E-state index in [1.807, 2.05) is 11.6 Å². The largest absolute Gasteiger partial charge is 0.493 e. The minimum Gasteiger partial charge on any atom is -0.493 e. The number of rotatable bonds is 12. The fourth-order valence-corrected chi connectivity index (χ4v) is 7.00. The van der Waals surface area contributed by atoms with Gasteiger partial charge in [0.2, 0.25) is 10.0 Å². The summed E-state index contributed by atoms with van der Waals surface area (Å²) in [7, 11) is -3.74. The van der Waals surface area contributed by atoms with Gasteiger partial charge in [-0.2, -0.15) is 9.40 Å². The van der Waals surface area contributed by atoms with Gasteiger partial charge in [0.1, 0.15) is 17.1 Å². The van der Waals surface area contributed by atoms with E-state index >= 15 is 0 Å². The summed E-state index contributed by atoms with van der Waals surface area (Å²) < 4.78 is 42.2. The maximum Gasteiger partial charge on any atom is 0.279 e. The second-order valence-electron chi connectivity index (χ2n) is 10.8. The lowest BCUT2D eigenvalue weighted by Crippen LogP contribution is -2.48. The number of likely N-dealkylation sites (N-methyl/N-ethyl adjacent to an activating group) is 1. The summed E-state index contributed by atoms with van der Waals surface area (Å²) >= 11 is 0. The fraction of sp³-hybridized carbons (Fsp3) is 0.621. The molecule has 230 valence electrons. The average molecular weight is 602 g/mol. The molecular weight excluding hydrogens is 558 g/mol.